The van der Waals surface area contributed by atoms with Crippen molar-refractivity contribution in [1.82, 2.24) is 10.2 Å². The van der Waals surface area contributed by atoms with E-state index in [0.29, 0.717) is 32.7 Å². The molecular weight excluding hydrogens is 408 g/mol. The topological polar surface area (TPSA) is 81.0 Å². The zero-order valence-corrected chi connectivity index (χ0v) is 18.3. The van der Waals surface area contributed by atoms with E-state index in [4.69, 9.17) is 13.9 Å². The van der Waals surface area contributed by atoms with E-state index in [9.17, 15) is 9.59 Å². The Bertz CT molecular complexity index is 965. The van der Waals surface area contributed by atoms with E-state index in [0.717, 1.165) is 50.0 Å². The number of nitrogens with zero attached hydrogens (tertiary/aromatic N) is 1. The van der Waals surface area contributed by atoms with Gasteiger partial charge in [-0.2, -0.15) is 0 Å². The molecule has 1 saturated carbocycles. The molecule has 1 aromatic carbocycles. The molecule has 5 rings (SSSR count). The van der Waals surface area contributed by atoms with Crippen molar-refractivity contribution in [2.24, 2.45) is 0 Å². The van der Waals surface area contributed by atoms with Gasteiger partial charge in [0.15, 0.2) is 17.3 Å². The maximum atomic E-state index is 13.3. The van der Waals surface area contributed by atoms with E-state index in [2.05, 4.69) is 17.4 Å². The summed E-state index contributed by atoms with van der Waals surface area (Å²) in [7, 11) is 0. The molecule has 7 heteroatoms. The minimum absolute atomic E-state index is 0.0755. The van der Waals surface area contributed by atoms with Crippen LogP contribution in [-0.4, -0.2) is 49.1 Å². The number of fused-ring (bicyclic) bond motifs is 1. The summed E-state index contributed by atoms with van der Waals surface area (Å²) in [6, 6.07) is 9.07. The number of hydrogen-bond acceptors (Lipinski definition) is 5. The molecule has 0 radical (unpaired) electrons. The van der Waals surface area contributed by atoms with Crippen LogP contribution in [0.5, 0.6) is 11.5 Å². The first-order valence-electron chi connectivity index (χ1n) is 11.7. The summed E-state index contributed by atoms with van der Waals surface area (Å²) in [5.41, 5.74) is 1.07. The van der Waals surface area contributed by atoms with Gasteiger partial charge in [-0.15, -0.1) is 0 Å². The number of likely N-dealkylation sites (tertiary alicyclic amines) is 1. The first kappa shape index (κ1) is 20.9. The number of amides is 2. The number of benzene rings is 1. The lowest BCUT2D eigenvalue weighted by atomic mass is 9.78. The molecule has 3 aliphatic rings. The fraction of sp³-hybridized carbons (Fsp3) is 0.520. The Balaban J connectivity index is 1.31. The molecule has 0 bridgehead atoms. The van der Waals surface area contributed by atoms with Crippen LogP contribution >= 0.6 is 0 Å². The van der Waals surface area contributed by atoms with Crippen molar-refractivity contribution in [2.75, 3.05) is 26.3 Å². The number of carbonyl (C=O) groups excluding carboxylic acids is 2. The van der Waals surface area contributed by atoms with Gasteiger partial charge >= 0.3 is 0 Å². The van der Waals surface area contributed by atoms with Gasteiger partial charge in [0.1, 0.15) is 19.3 Å². The number of carbonyl (C=O) groups is 2. The quantitative estimate of drug-likeness (QED) is 0.770. The Labute approximate surface area is 188 Å². The Morgan fingerprint density at radius 1 is 1.03 bits per heavy atom. The SMILES string of the molecule is O=C(NCC1(c2ccc3c(c2)OCCO3)CCCC1)C1CCCCN1C(=O)c1ccco1. The molecule has 7 nitrogen and oxygen atoms in total. The fourth-order valence-corrected chi connectivity index (χ4v) is 5.36. The maximum absolute atomic E-state index is 13.3. The van der Waals surface area contributed by atoms with Gasteiger partial charge in [-0.1, -0.05) is 18.9 Å². The van der Waals surface area contributed by atoms with Gasteiger partial charge in [0.2, 0.25) is 5.91 Å². The second-order valence-electron chi connectivity index (χ2n) is 9.05. The Kier molecular flexibility index (Phi) is 5.81. The molecule has 3 heterocycles. The van der Waals surface area contributed by atoms with Crippen molar-refractivity contribution >= 4 is 11.8 Å². The number of rotatable bonds is 5. The molecule has 1 atom stereocenters. The van der Waals surface area contributed by atoms with E-state index in [-0.39, 0.29) is 23.0 Å². The lowest BCUT2D eigenvalue weighted by Crippen LogP contribution is -2.53. The Hall–Kier alpha value is -2.96. The van der Waals surface area contributed by atoms with Gasteiger partial charge in [-0.3, -0.25) is 9.59 Å². The van der Waals surface area contributed by atoms with E-state index in [1.54, 1.807) is 17.0 Å². The van der Waals surface area contributed by atoms with Crippen LogP contribution in [0.2, 0.25) is 0 Å². The van der Waals surface area contributed by atoms with Gasteiger partial charge in [-0.05, 0) is 61.9 Å². The second-order valence-corrected chi connectivity index (χ2v) is 9.05. The standard InChI is InChI=1S/C25H30N2O5/c28-23(19-6-1-4-12-27(19)24(29)21-7-5-13-30-21)26-17-25(10-2-3-11-25)18-8-9-20-22(16-18)32-15-14-31-20/h5,7-9,13,16,19H,1-4,6,10-12,14-15,17H2,(H,26,28). The number of furan rings is 1. The number of piperidine rings is 1. The minimum Gasteiger partial charge on any atom is -0.486 e. The molecule has 1 N–H and O–H groups in total. The van der Waals surface area contributed by atoms with Crippen molar-refractivity contribution in [3.63, 3.8) is 0 Å². The van der Waals surface area contributed by atoms with E-state index in [1.165, 1.54) is 11.8 Å². The highest BCUT2D eigenvalue weighted by Gasteiger charge is 2.39. The van der Waals surface area contributed by atoms with E-state index < -0.39 is 6.04 Å². The summed E-state index contributed by atoms with van der Waals surface area (Å²) in [6.45, 7) is 2.26. The summed E-state index contributed by atoms with van der Waals surface area (Å²) in [4.78, 5) is 27.8. The number of ether oxygens (including phenoxy) is 2. The Morgan fingerprint density at radius 2 is 1.84 bits per heavy atom. The lowest BCUT2D eigenvalue weighted by molar-refractivity contribution is -0.127. The van der Waals surface area contributed by atoms with Gasteiger partial charge < -0.3 is 24.1 Å². The second kappa shape index (κ2) is 8.88. The van der Waals surface area contributed by atoms with Crippen LogP contribution in [0.4, 0.5) is 0 Å². The molecule has 1 aromatic heterocycles. The van der Waals surface area contributed by atoms with Crippen molar-refractivity contribution in [3.8, 4) is 11.5 Å². The number of hydrogen-bond donors (Lipinski definition) is 1. The average molecular weight is 439 g/mol. The summed E-state index contributed by atoms with van der Waals surface area (Å²) in [6.07, 6.45) is 8.32. The summed E-state index contributed by atoms with van der Waals surface area (Å²) < 4.78 is 16.8. The highest BCUT2D eigenvalue weighted by atomic mass is 16.6. The molecule has 2 amide bonds. The van der Waals surface area contributed by atoms with Crippen molar-refractivity contribution < 1.29 is 23.5 Å². The summed E-state index contributed by atoms with van der Waals surface area (Å²) in [5, 5.41) is 3.21. The van der Waals surface area contributed by atoms with Crippen molar-refractivity contribution in [2.45, 2.75) is 56.4 Å². The normalized spacial score (nSPS) is 21.9. The molecule has 0 spiro atoms. The molecular formula is C25H30N2O5. The smallest absolute Gasteiger partial charge is 0.290 e. The summed E-state index contributed by atoms with van der Waals surface area (Å²) >= 11 is 0. The van der Waals surface area contributed by atoms with Gasteiger partial charge in [0.25, 0.3) is 5.91 Å². The Morgan fingerprint density at radius 3 is 2.62 bits per heavy atom. The molecule has 1 aliphatic carbocycles. The average Bonchev–Trinajstić information content (AvgIpc) is 3.55. The van der Waals surface area contributed by atoms with Gasteiger partial charge in [-0.25, -0.2) is 0 Å². The predicted octanol–water partition coefficient (Wildman–Crippen LogP) is 3.67. The molecule has 2 fully saturated rings. The predicted molar refractivity (Wildman–Crippen MR) is 118 cm³/mol. The monoisotopic (exact) mass is 438 g/mol. The van der Waals surface area contributed by atoms with E-state index in [1.807, 2.05) is 6.07 Å². The maximum Gasteiger partial charge on any atom is 0.290 e. The van der Waals surface area contributed by atoms with Crippen LogP contribution in [-0.2, 0) is 10.2 Å². The third kappa shape index (κ3) is 3.96. The number of nitrogens with one attached hydrogen (secondary N) is 1. The molecule has 2 aromatic rings. The molecule has 1 saturated heterocycles. The first-order chi connectivity index (χ1) is 15.7. The molecule has 1 unspecified atom stereocenters. The molecule has 32 heavy (non-hydrogen) atoms. The third-order valence-corrected chi connectivity index (χ3v) is 7.11. The highest BCUT2D eigenvalue weighted by molar-refractivity contribution is 5.95. The fourth-order valence-electron chi connectivity index (χ4n) is 5.36. The van der Waals surface area contributed by atoms with Crippen molar-refractivity contribution in [1.29, 1.82) is 0 Å². The zero-order valence-electron chi connectivity index (χ0n) is 18.3. The van der Waals surface area contributed by atoms with Crippen LogP contribution < -0.4 is 14.8 Å². The first-order valence-corrected chi connectivity index (χ1v) is 11.7. The van der Waals surface area contributed by atoms with Crippen LogP contribution in [0.25, 0.3) is 0 Å². The van der Waals surface area contributed by atoms with Gasteiger partial charge in [0.05, 0.1) is 6.26 Å². The lowest BCUT2D eigenvalue weighted by Gasteiger charge is -2.36. The van der Waals surface area contributed by atoms with Crippen LogP contribution in [0.15, 0.2) is 41.0 Å². The minimum atomic E-state index is -0.458. The largest absolute Gasteiger partial charge is 0.486 e. The molecule has 170 valence electrons. The highest BCUT2D eigenvalue weighted by Crippen LogP contribution is 2.44. The van der Waals surface area contributed by atoms with Crippen LogP contribution in [0.3, 0.4) is 0 Å². The van der Waals surface area contributed by atoms with Gasteiger partial charge in [0, 0.05) is 18.5 Å². The third-order valence-electron chi connectivity index (χ3n) is 7.11. The van der Waals surface area contributed by atoms with Crippen LogP contribution in [0, 0.1) is 0 Å². The van der Waals surface area contributed by atoms with E-state index >= 15 is 0 Å². The summed E-state index contributed by atoms with van der Waals surface area (Å²) in [5.74, 6) is 1.57. The zero-order chi connectivity index (χ0) is 22.0. The van der Waals surface area contributed by atoms with Crippen LogP contribution in [0.1, 0.15) is 61.1 Å². The van der Waals surface area contributed by atoms with Crippen molar-refractivity contribution in [3.05, 3.63) is 47.9 Å². The molecule has 2 aliphatic heterocycles.